The van der Waals surface area contributed by atoms with E-state index >= 15 is 0 Å². The molecule has 1 fully saturated rings. The van der Waals surface area contributed by atoms with Gasteiger partial charge in [-0.15, -0.1) is 0 Å². The van der Waals surface area contributed by atoms with Crippen molar-refractivity contribution in [2.45, 2.75) is 38.7 Å². The molecule has 0 aliphatic carbocycles. The zero-order chi connectivity index (χ0) is 31.9. The molecular weight excluding hydrogens is 592 g/mol. The average molecular weight is 627 g/mol. The lowest BCUT2D eigenvalue weighted by Crippen LogP contribution is -2.44. The fourth-order valence-corrected chi connectivity index (χ4v) is 6.01. The molecule has 0 spiro atoms. The van der Waals surface area contributed by atoms with Crippen LogP contribution in [0.5, 0.6) is 11.5 Å². The maximum absolute atomic E-state index is 14.8. The molecule has 0 radical (unpaired) electrons. The number of aliphatic hydroxyl groups is 1. The van der Waals surface area contributed by atoms with Gasteiger partial charge in [-0.05, 0) is 60.0 Å². The molecule has 4 aromatic rings. The lowest BCUT2D eigenvalue weighted by Gasteiger charge is -2.34. The quantitative estimate of drug-likeness (QED) is 0.231. The van der Waals surface area contributed by atoms with E-state index in [1.165, 1.54) is 17.0 Å². The van der Waals surface area contributed by atoms with Gasteiger partial charge in [0.25, 0.3) is 0 Å². The Morgan fingerprint density at radius 3 is 2.64 bits per heavy atom. The van der Waals surface area contributed by atoms with Crippen LogP contribution in [0, 0.1) is 5.82 Å². The number of carbonyl (C=O) groups excluding carboxylic acids is 1. The predicted octanol–water partition coefficient (Wildman–Crippen LogP) is 5.90. The number of rotatable bonds is 6. The fourth-order valence-electron chi connectivity index (χ4n) is 6.01. The predicted molar refractivity (Wildman–Crippen MR) is 161 cm³/mol. The minimum atomic E-state index is -4.57. The summed E-state index contributed by atoms with van der Waals surface area (Å²) in [5, 5.41) is 12.5. The normalized spacial score (nSPS) is 17.8. The molecule has 0 saturated carbocycles. The maximum Gasteiger partial charge on any atom is 0.416 e. The molecule has 0 unspecified atom stereocenters. The highest BCUT2D eigenvalue weighted by atomic mass is 19.4. The summed E-state index contributed by atoms with van der Waals surface area (Å²) in [4.78, 5) is 25.9. The average Bonchev–Trinajstić information content (AvgIpc) is 3.44. The van der Waals surface area contributed by atoms with Gasteiger partial charge in [-0.25, -0.2) is 14.2 Å². The minimum absolute atomic E-state index is 0.0501. The number of fused-ring (bicyclic) bond motifs is 2. The van der Waals surface area contributed by atoms with Crippen molar-refractivity contribution in [2.75, 3.05) is 45.1 Å². The molecule has 1 atom stereocenters. The van der Waals surface area contributed by atoms with E-state index in [1.807, 2.05) is 24.9 Å². The topological polar surface area (TPSA) is 97.0 Å². The summed E-state index contributed by atoms with van der Waals surface area (Å²) in [7, 11) is 1.99. The van der Waals surface area contributed by atoms with E-state index in [4.69, 9.17) is 4.74 Å². The number of carbonyl (C=O) groups is 1. The van der Waals surface area contributed by atoms with Gasteiger partial charge in [0.2, 0.25) is 0 Å². The van der Waals surface area contributed by atoms with Gasteiger partial charge in [-0.3, -0.25) is 4.90 Å². The van der Waals surface area contributed by atoms with Gasteiger partial charge in [0.15, 0.2) is 11.6 Å². The van der Waals surface area contributed by atoms with Crippen molar-refractivity contribution in [3.05, 3.63) is 82.4 Å². The standard InChI is InChI=1S/C32H34F4N6O3/c1-19-15-42(31(44)39-22-4-3-20(27(13-22)32(34,35)36)16-41-9-7-40(2)8-10-41)17-21-11-24(5-6-25(19)21)45-29-26-12-23(18-43)38-30(26)37-14-28(29)33/h3-6,11-14,19,43H,7-10,15-18H2,1-2H3,(H,37,38)(H,39,44)/t19-/m0/s1. The second-order valence-corrected chi connectivity index (χ2v) is 11.8. The zero-order valence-corrected chi connectivity index (χ0v) is 24.9. The number of halogens is 4. The molecule has 0 bridgehead atoms. The number of ether oxygens (including phenoxy) is 1. The molecule has 45 heavy (non-hydrogen) atoms. The number of nitrogens with one attached hydrogen (secondary N) is 2. The number of hydrogen-bond donors (Lipinski definition) is 3. The van der Waals surface area contributed by atoms with Gasteiger partial charge >= 0.3 is 12.2 Å². The Hall–Kier alpha value is -4.20. The third-order valence-electron chi connectivity index (χ3n) is 8.46. The summed E-state index contributed by atoms with van der Waals surface area (Å²) in [6.07, 6.45) is -3.54. The van der Waals surface area contributed by atoms with Crippen molar-refractivity contribution in [1.82, 2.24) is 24.7 Å². The molecule has 238 valence electrons. The van der Waals surface area contributed by atoms with Crippen molar-refractivity contribution >= 4 is 22.8 Å². The first kappa shape index (κ1) is 30.8. The monoisotopic (exact) mass is 626 g/mol. The largest absolute Gasteiger partial charge is 0.453 e. The number of hydrogen-bond acceptors (Lipinski definition) is 6. The van der Waals surface area contributed by atoms with Gasteiger partial charge in [0.1, 0.15) is 11.4 Å². The number of alkyl halides is 3. The number of pyridine rings is 1. The lowest BCUT2D eigenvalue weighted by molar-refractivity contribution is -0.138. The molecule has 2 aliphatic heterocycles. The van der Waals surface area contributed by atoms with Gasteiger partial charge in [-0.2, -0.15) is 13.2 Å². The molecule has 1 saturated heterocycles. The van der Waals surface area contributed by atoms with E-state index in [2.05, 4.69) is 20.2 Å². The molecular formula is C32H34F4N6O3. The van der Waals surface area contributed by atoms with E-state index < -0.39 is 23.6 Å². The summed E-state index contributed by atoms with van der Waals surface area (Å²) in [5.41, 5.74) is 2.07. The Kier molecular flexibility index (Phi) is 8.42. The highest BCUT2D eigenvalue weighted by molar-refractivity contribution is 5.90. The first-order chi connectivity index (χ1) is 21.5. The lowest BCUT2D eigenvalue weighted by atomic mass is 9.91. The van der Waals surface area contributed by atoms with Crippen molar-refractivity contribution in [3.8, 4) is 11.5 Å². The number of likely N-dealkylation sites (N-methyl/N-ethyl adjacent to an activating group) is 1. The van der Waals surface area contributed by atoms with Gasteiger partial charge in [0.05, 0.1) is 23.8 Å². The molecule has 13 heteroatoms. The number of anilines is 1. The van der Waals surface area contributed by atoms with Crippen LogP contribution in [0.4, 0.5) is 28.0 Å². The number of aromatic nitrogens is 2. The van der Waals surface area contributed by atoms with Crippen LogP contribution in [-0.4, -0.2) is 75.6 Å². The van der Waals surface area contributed by atoms with Crippen LogP contribution in [0.15, 0.2) is 48.7 Å². The number of H-pyrrole nitrogens is 1. The molecule has 2 aromatic carbocycles. The Balaban J connectivity index is 1.18. The van der Waals surface area contributed by atoms with Crippen LogP contribution in [0.1, 0.15) is 40.8 Å². The van der Waals surface area contributed by atoms with Crippen LogP contribution >= 0.6 is 0 Å². The number of piperazine rings is 1. The molecule has 2 amide bonds. The molecule has 2 aromatic heterocycles. The second kappa shape index (κ2) is 12.3. The van der Waals surface area contributed by atoms with Gasteiger partial charge < -0.3 is 29.9 Å². The molecule has 3 N–H and O–H groups in total. The second-order valence-electron chi connectivity index (χ2n) is 11.8. The van der Waals surface area contributed by atoms with Crippen LogP contribution in [0.25, 0.3) is 11.0 Å². The number of amides is 2. The van der Waals surface area contributed by atoms with Crippen molar-refractivity contribution in [1.29, 1.82) is 0 Å². The maximum atomic E-state index is 14.8. The van der Waals surface area contributed by atoms with E-state index in [-0.39, 0.29) is 42.6 Å². The summed E-state index contributed by atoms with van der Waals surface area (Å²) in [6.45, 7) is 5.37. The third kappa shape index (κ3) is 6.60. The molecule has 9 nitrogen and oxygen atoms in total. The Bertz CT molecular complexity index is 1720. The fraction of sp³-hybridized carbons (Fsp3) is 0.375. The first-order valence-corrected chi connectivity index (χ1v) is 14.7. The van der Waals surface area contributed by atoms with Gasteiger partial charge in [0, 0.05) is 57.2 Å². The van der Waals surface area contributed by atoms with Crippen molar-refractivity contribution in [3.63, 3.8) is 0 Å². The molecule has 2 aliphatic rings. The highest BCUT2D eigenvalue weighted by Gasteiger charge is 2.35. The van der Waals surface area contributed by atoms with E-state index in [1.54, 1.807) is 18.2 Å². The summed E-state index contributed by atoms with van der Waals surface area (Å²) >= 11 is 0. The Morgan fingerprint density at radius 1 is 1.13 bits per heavy atom. The SMILES string of the molecule is C[C@H]1CN(C(=O)Nc2ccc(CN3CCN(C)CC3)c(C(F)(F)F)c2)Cc2cc(Oc3c(F)cnc4[nH]c(CO)cc34)ccc21. The van der Waals surface area contributed by atoms with E-state index in [0.29, 0.717) is 42.1 Å². The zero-order valence-electron chi connectivity index (χ0n) is 24.9. The van der Waals surface area contributed by atoms with Crippen LogP contribution < -0.4 is 10.1 Å². The molecule has 6 rings (SSSR count). The van der Waals surface area contributed by atoms with Crippen LogP contribution in [-0.2, 0) is 25.9 Å². The van der Waals surface area contributed by atoms with Crippen molar-refractivity contribution in [2.24, 2.45) is 0 Å². The number of nitrogens with zero attached hydrogens (tertiary/aromatic N) is 4. The van der Waals surface area contributed by atoms with Crippen molar-refractivity contribution < 1.29 is 32.2 Å². The summed E-state index contributed by atoms with van der Waals surface area (Å²) in [6, 6.07) is 10.3. The van der Waals surface area contributed by atoms with Crippen LogP contribution in [0.3, 0.4) is 0 Å². The van der Waals surface area contributed by atoms with Gasteiger partial charge in [-0.1, -0.05) is 19.1 Å². The third-order valence-corrected chi connectivity index (χ3v) is 8.46. The number of aliphatic hydroxyl groups excluding tert-OH is 1. The summed E-state index contributed by atoms with van der Waals surface area (Å²) in [5.74, 6) is -0.449. The number of urea groups is 1. The highest BCUT2D eigenvalue weighted by Crippen LogP contribution is 2.37. The first-order valence-electron chi connectivity index (χ1n) is 14.7. The number of aromatic amines is 1. The van der Waals surface area contributed by atoms with E-state index in [0.717, 1.165) is 36.5 Å². The molecule has 4 heterocycles. The Labute approximate surface area is 257 Å². The summed E-state index contributed by atoms with van der Waals surface area (Å²) < 4.78 is 62.9. The van der Waals surface area contributed by atoms with Crippen LogP contribution in [0.2, 0.25) is 0 Å². The Morgan fingerprint density at radius 2 is 1.91 bits per heavy atom. The van der Waals surface area contributed by atoms with E-state index in [9.17, 15) is 27.5 Å². The smallest absolute Gasteiger partial charge is 0.416 e. The number of benzene rings is 2. The minimum Gasteiger partial charge on any atom is -0.453 e.